The van der Waals surface area contributed by atoms with Crippen LogP contribution in [0.15, 0.2) is 70.1 Å². The van der Waals surface area contributed by atoms with Crippen LogP contribution in [0.25, 0.3) is 0 Å². The van der Waals surface area contributed by atoms with Crippen LogP contribution >= 0.6 is 45.3 Å². The second-order valence-electron chi connectivity index (χ2n) is 8.55. The minimum Gasteiger partial charge on any atom is -0.289 e. The van der Waals surface area contributed by atoms with E-state index in [1.165, 1.54) is 45.2 Å². The van der Waals surface area contributed by atoms with E-state index in [2.05, 4.69) is 79.9 Å². The molecule has 1 aliphatic carbocycles. The summed E-state index contributed by atoms with van der Waals surface area (Å²) in [5.41, 5.74) is 0. The summed E-state index contributed by atoms with van der Waals surface area (Å²) in [6.07, 6.45) is 5.29. The van der Waals surface area contributed by atoms with E-state index in [1.54, 1.807) is 0 Å². The lowest BCUT2D eigenvalue weighted by Crippen LogP contribution is -2.52. The predicted molar refractivity (Wildman–Crippen MR) is 142 cm³/mol. The van der Waals surface area contributed by atoms with Crippen molar-refractivity contribution in [2.75, 3.05) is 0 Å². The Balaban J connectivity index is 1.42. The maximum atomic E-state index is 2.79. The van der Waals surface area contributed by atoms with Crippen LogP contribution in [0.1, 0.15) is 45.2 Å². The highest BCUT2D eigenvalue weighted by Gasteiger charge is 2.35. The monoisotopic (exact) mass is 498 g/mol. The molecule has 0 saturated heterocycles. The summed E-state index contributed by atoms with van der Waals surface area (Å²) in [5.74, 6) is 0. The summed E-state index contributed by atoms with van der Waals surface area (Å²) in [6.45, 7) is 4.23. The van der Waals surface area contributed by atoms with Crippen LogP contribution in [-0.2, 0) is 26.2 Å². The minimum atomic E-state index is 0.591. The molecular formula is C26H30N2S4. The van der Waals surface area contributed by atoms with Crippen LogP contribution in [0.5, 0.6) is 0 Å². The van der Waals surface area contributed by atoms with E-state index in [1.807, 2.05) is 45.3 Å². The van der Waals surface area contributed by atoms with Gasteiger partial charge in [0.05, 0.1) is 0 Å². The second kappa shape index (κ2) is 11.2. The number of nitrogens with zero attached hydrogens (tertiary/aromatic N) is 2. The molecule has 4 aromatic heterocycles. The van der Waals surface area contributed by atoms with E-state index in [0.717, 1.165) is 26.2 Å². The molecule has 0 aromatic carbocycles. The van der Waals surface area contributed by atoms with Crippen molar-refractivity contribution >= 4 is 45.3 Å². The Labute approximate surface area is 207 Å². The zero-order chi connectivity index (χ0) is 21.6. The van der Waals surface area contributed by atoms with Gasteiger partial charge in [0.15, 0.2) is 0 Å². The van der Waals surface area contributed by atoms with Crippen LogP contribution < -0.4 is 0 Å². The van der Waals surface area contributed by atoms with Crippen LogP contribution in [-0.4, -0.2) is 21.9 Å². The largest absolute Gasteiger partial charge is 0.289 e. The Morgan fingerprint density at radius 2 is 0.844 bits per heavy atom. The third kappa shape index (κ3) is 5.79. The van der Waals surface area contributed by atoms with E-state index in [9.17, 15) is 0 Å². The third-order valence-corrected chi connectivity index (χ3v) is 9.83. The number of hydrogen-bond acceptors (Lipinski definition) is 6. The Morgan fingerprint density at radius 3 is 1.09 bits per heavy atom. The second-order valence-corrected chi connectivity index (χ2v) is 12.7. The van der Waals surface area contributed by atoms with Gasteiger partial charge in [0.1, 0.15) is 0 Å². The first kappa shape index (κ1) is 22.5. The normalized spacial score (nSPS) is 19.2. The predicted octanol–water partition coefficient (Wildman–Crippen LogP) is 7.95. The molecule has 4 aromatic rings. The summed E-state index contributed by atoms with van der Waals surface area (Å²) in [6, 6.07) is 19.2. The first-order valence-corrected chi connectivity index (χ1v) is 14.9. The maximum absolute atomic E-state index is 2.79. The average molecular weight is 499 g/mol. The highest BCUT2D eigenvalue weighted by molar-refractivity contribution is 7.10. The van der Waals surface area contributed by atoms with E-state index in [-0.39, 0.29) is 0 Å². The number of rotatable bonds is 10. The first-order valence-electron chi connectivity index (χ1n) is 11.4. The molecule has 0 radical (unpaired) electrons. The molecule has 5 rings (SSSR count). The van der Waals surface area contributed by atoms with Gasteiger partial charge in [0.25, 0.3) is 0 Å². The molecule has 0 spiro atoms. The number of thiophene rings is 4. The van der Waals surface area contributed by atoms with Gasteiger partial charge < -0.3 is 0 Å². The van der Waals surface area contributed by atoms with Gasteiger partial charge in [-0.25, -0.2) is 0 Å². The zero-order valence-electron chi connectivity index (χ0n) is 18.3. The molecule has 0 N–H and O–H groups in total. The van der Waals surface area contributed by atoms with Gasteiger partial charge in [-0.1, -0.05) is 37.1 Å². The molecule has 0 aliphatic heterocycles. The highest BCUT2D eigenvalue weighted by Crippen LogP contribution is 2.33. The Morgan fingerprint density at radius 1 is 0.531 bits per heavy atom. The summed E-state index contributed by atoms with van der Waals surface area (Å²) in [7, 11) is 0. The van der Waals surface area contributed by atoms with Crippen molar-refractivity contribution in [2.24, 2.45) is 0 Å². The lowest BCUT2D eigenvalue weighted by atomic mass is 9.87. The van der Waals surface area contributed by atoms with E-state index in [4.69, 9.17) is 0 Å². The number of hydrogen-bond donors (Lipinski definition) is 0. The first-order chi connectivity index (χ1) is 15.8. The lowest BCUT2D eigenvalue weighted by Gasteiger charge is -2.45. The fourth-order valence-corrected chi connectivity index (χ4v) is 7.85. The zero-order valence-corrected chi connectivity index (χ0v) is 21.5. The molecule has 168 valence electrons. The van der Waals surface area contributed by atoms with Gasteiger partial charge in [0, 0.05) is 57.8 Å². The smallest absolute Gasteiger partial charge is 0.0335 e. The van der Waals surface area contributed by atoms with Gasteiger partial charge >= 0.3 is 0 Å². The topological polar surface area (TPSA) is 6.48 Å². The Kier molecular flexibility index (Phi) is 7.90. The van der Waals surface area contributed by atoms with Crippen molar-refractivity contribution in [1.82, 2.24) is 9.80 Å². The van der Waals surface area contributed by atoms with Crippen LogP contribution in [0.4, 0.5) is 0 Å². The van der Waals surface area contributed by atoms with Gasteiger partial charge in [-0.05, 0) is 58.6 Å². The molecule has 6 heteroatoms. The summed E-state index contributed by atoms with van der Waals surface area (Å²) >= 11 is 7.59. The molecular weight excluding hydrogens is 469 g/mol. The molecule has 0 bridgehead atoms. The highest BCUT2D eigenvalue weighted by atomic mass is 32.1. The summed E-state index contributed by atoms with van der Waals surface area (Å²) in [5, 5.41) is 8.88. The van der Waals surface area contributed by atoms with Crippen molar-refractivity contribution in [3.63, 3.8) is 0 Å². The van der Waals surface area contributed by atoms with Gasteiger partial charge in [-0.15, -0.1) is 45.3 Å². The average Bonchev–Trinajstić information content (AvgIpc) is 3.62. The summed E-state index contributed by atoms with van der Waals surface area (Å²) < 4.78 is 0. The van der Waals surface area contributed by atoms with E-state index < -0.39 is 0 Å². The molecule has 0 amide bonds. The minimum absolute atomic E-state index is 0.591. The lowest BCUT2D eigenvalue weighted by molar-refractivity contribution is 0.0316. The molecule has 1 fully saturated rings. The van der Waals surface area contributed by atoms with Gasteiger partial charge in [-0.3, -0.25) is 9.80 Å². The van der Waals surface area contributed by atoms with Crippen LogP contribution in [0.2, 0.25) is 0 Å². The molecule has 32 heavy (non-hydrogen) atoms. The van der Waals surface area contributed by atoms with Gasteiger partial charge in [0.2, 0.25) is 0 Å². The molecule has 2 nitrogen and oxygen atoms in total. The quantitative estimate of drug-likeness (QED) is 0.219. The van der Waals surface area contributed by atoms with Crippen molar-refractivity contribution in [3.8, 4) is 0 Å². The molecule has 1 saturated carbocycles. The Hall–Kier alpha value is -1.28. The fraction of sp³-hybridized carbons (Fsp3) is 0.385. The SMILES string of the molecule is c1csc(CN(Cc2cccs2)[C@@H]2CCCC[C@H]2N(Cc2cccs2)Cc2cccs2)c1. The van der Waals surface area contributed by atoms with E-state index >= 15 is 0 Å². The molecule has 4 heterocycles. The van der Waals surface area contributed by atoms with Gasteiger partial charge in [-0.2, -0.15) is 0 Å². The van der Waals surface area contributed by atoms with Crippen LogP contribution in [0, 0.1) is 0 Å². The van der Waals surface area contributed by atoms with Crippen molar-refractivity contribution in [1.29, 1.82) is 0 Å². The van der Waals surface area contributed by atoms with Crippen molar-refractivity contribution in [2.45, 2.75) is 63.9 Å². The fourth-order valence-electron chi connectivity index (χ4n) is 4.94. The van der Waals surface area contributed by atoms with Crippen LogP contribution in [0.3, 0.4) is 0 Å². The molecule has 0 unspecified atom stereocenters. The van der Waals surface area contributed by atoms with Crippen molar-refractivity contribution < 1.29 is 0 Å². The van der Waals surface area contributed by atoms with Crippen molar-refractivity contribution in [3.05, 3.63) is 89.6 Å². The molecule has 1 aliphatic rings. The van der Waals surface area contributed by atoms with E-state index in [0.29, 0.717) is 12.1 Å². The Bertz CT molecular complexity index is 849. The summed E-state index contributed by atoms with van der Waals surface area (Å²) in [4.78, 5) is 11.5. The third-order valence-electron chi connectivity index (χ3n) is 6.39. The standard InChI is InChI=1S/C26H30N2S4/c1-2-12-26(28(19-23-9-5-15-31-23)20-24-10-6-16-32-24)25(11-1)27(17-21-7-3-13-29-21)18-22-8-4-14-30-22/h3-10,13-16,25-26H,1-2,11-12,17-20H2/t25-,26-/m1/s1. The molecule has 2 atom stereocenters. The maximum Gasteiger partial charge on any atom is 0.0335 e.